The molecule has 5 heteroatoms. The average Bonchev–Trinajstić information content (AvgIpc) is 2.74. The summed E-state index contributed by atoms with van der Waals surface area (Å²) in [7, 11) is 1.78. The van der Waals surface area contributed by atoms with Gasteiger partial charge in [0.15, 0.2) is 0 Å². The predicted molar refractivity (Wildman–Crippen MR) is 65.7 cm³/mol. The maximum Gasteiger partial charge on any atom is 0.257 e. The fourth-order valence-corrected chi connectivity index (χ4v) is 1.70. The number of aliphatic hydroxyl groups excluding tert-OH is 1. The van der Waals surface area contributed by atoms with Gasteiger partial charge in [0.05, 0.1) is 18.4 Å². The van der Waals surface area contributed by atoms with Crippen LogP contribution in [-0.4, -0.2) is 45.4 Å². The molecule has 0 bridgehead atoms. The highest BCUT2D eigenvalue weighted by Crippen LogP contribution is 2.05. The van der Waals surface area contributed by atoms with Crippen LogP contribution in [0.1, 0.15) is 36.5 Å². The van der Waals surface area contributed by atoms with Gasteiger partial charge >= 0.3 is 0 Å². The molecule has 17 heavy (non-hydrogen) atoms. The van der Waals surface area contributed by atoms with Gasteiger partial charge in [0, 0.05) is 26.3 Å². The van der Waals surface area contributed by atoms with Gasteiger partial charge in [0.25, 0.3) is 5.91 Å². The minimum absolute atomic E-state index is 0.00186. The molecule has 0 aliphatic rings. The summed E-state index contributed by atoms with van der Waals surface area (Å²) in [6.07, 6.45) is 6.46. The topological polar surface area (TPSA) is 58.4 Å². The second kappa shape index (κ2) is 7.06. The molecule has 0 saturated heterocycles. The van der Waals surface area contributed by atoms with E-state index in [2.05, 4.69) is 12.0 Å². The van der Waals surface area contributed by atoms with E-state index >= 15 is 0 Å². The lowest BCUT2D eigenvalue weighted by Gasteiger charge is -2.20. The van der Waals surface area contributed by atoms with Gasteiger partial charge in [-0.3, -0.25) is 9.48 Å². The summed E-state index contributed by atoms with van der Waals surface area (Å²) in [4.78, 5) is 13.8. The fraction of sp³-hybridized carbons (Fsp3) is 0.667. The van der Waals surface area contributed by atoms with Crippen molar-refractivity contribution in [3.05, 3.63) is 18.0 Å². The van der Waals surface area contributed by atoms with Crippen molar-refractivity contribution in [2.45, 2.75) is 26.2 Å². The Morgan fingerprint density at radius 2 is 2.24 bits per heavy atom. The van der Waals surface area contributed by atoms with Gasteiger partial charge in [-0.05, 0) is 6.42 Å². The Bertz CT molecular complexity index is 349. The molecule has 1 N–H and O–H groups in total. The zero-order valence-electron chi connectivity index (χ0n) is 10.6. The van der Waals surface area contributed by atoms with Crippen molar-refractivity contribution in [1.29, 1.82) is 0 Å². The first-order valence-electron chi connectivity index (χ1n) is 6.07. The van der Waals surface area contributed by atoms with E-state index in [9.17, 15) is 4.79 Å². The number of aliphatic hydroxyl groups is 1. The third-order valence-electron chi connectivity index (χ3n) is 2.64. The molecule has 0 atom stereocenters. The summed E-state index contributed by atoms with van der Waals surface area (Å²) in [6.45, 7) is 3.21. The van der Waals surface area contributed by atoms with Crippen LogP contribution in [0.4, 0.5) is 0 Å². The van der Waals surface area contributed by atoms with Crippen LogP contribution < -0.4 is 0 Å². The van der Waals surface area contributed by atoms with Crippen LogP contribution >= 0.6 is 0 Å². The largest absolute Gasteiger partial charge is 0.395 e. The van der Waals surface area contributed by atoms with Crippen molar-refractivity contribution >= 4 is 5.91 Å². The quantitative estimate of drug-likeness (QED) is 0.723. The van der Waals surface area contributed by atoms with E-state index < -0.39 is 0 Å². The lowest BCUT2D eigenvalue weighted by molar-refractivity contribution is 0.0718. The fourth-order valence-electron chi connectivity index (χ4n) is 1.70. The first-order chi connectivity index (χ1) is 8.19. The van der Waals surface area contributed by atoms with Crippen molar-refractivity contribution in [1.82, 2.24) is 14.7 Å². The number of rotatable bonds is 7. The lowest BCUT2D eigenvalue weighted by Crippen LogP contribution is -2.34. The van der Waals surface area contributed by atoms with E-state index in [1.54, 1.807) is 29.0 Å². The number of aromatic nitrogens is 2. The summed E-state index contributed by atoms with van der Waals surface area (Å²) in [5, 5.41) is 13.0. The zero-order chi connectivity index (χ0) is 12.7. The SMILES string of the molecule is CCCCCN(CCO)C(=O)c1cnn(C)c1. The van der Waals surface area contributed by atoms with E-state index in [1.165, 1.54) is 0 Å². The van der Waals surface area contributed by atoms with Gasteiger partial charge in [0.2, 0.25) is 0 Å². The predicted octanol–water partition coefficient (Wildman–Crippen LogP) is 1.04. The van der Waals surface area contributed by atoms with Crippen LogP contribution in [-0.2, 0) is 7.05 Å². The van der Waals surface area contributed by atoms with Crippen LogP contribution in [0.25, 0.3) is 0 Å². The number of unbranched alkanes of at least 4 members (excludes halogenated alkanes) is 2. The molecule has 0 radical (unpaired) electrons. The Morgan fingerprint density at radius 3 is 2.76 bits per heavy atom. The second-order valence-electron chi connectivity index (χ2n) is 4.13. The third kappa shape index (κ3) is 4.19. The highest BCUT2D eigenvalue weighted by molar-refractivity contribution is 5.93. The maximum absolute atomic E-state index is 12.1. The summed E-state index contributed by atoms with van der Waals surface area (Å²) in [5.74, 6) is -0.0525. The number of carbonyl (C=O) groups excluding carboxylic acids is 1. The smallest absolute Gasteiger partial charge is 0.257 e. The summed E-state index contributed by atoms with van der Waals surface area (Å²) >= 11 is 0. The van der Waals surface area contributed by atoms with Crippen molar-refractivity contribution in [3.63, 3.8) is 0 Å². The van der Waals surface area contributed by atoms with Crippen LogP contribution in [0.5, 0.6) is 0 Å². The second-order valence-corrected chi connectivity index (χ2v) is 4.13. The first-order valence-corrected chi connectivity index (χ1v) is 6.07. The van der Waals surface area contributed by atoms with E-state index in [1.807, 2.05) is 0 Å². The van der Waals surface area contributed by atoms with Crippen LogP contribution in [0.3, 0.4) is 0 Å². The van der Waals surface area contributed by atoms with E-state index in [0.29, 0.717) is 18.7 Å². The zero-order valence-corrected chi connectivity index (χ0v) is 10.6. The lowest BCUT2D eigenvalue weighted by atomic mass is 10.2. The van der Waals surface area contributed by atoms with Crippen molar-refractivity contribution in [2.75, 3.05) is 19.7 Å². The molecule has 0 aromatic carbocycles. The molecule has 0 unspecified atom stereocenters. The van der Waals surface area contributed by atoms with Gasteiger partial charge in [-0.1, -0.05) is 19.8 Å². The van der Waals surface area contributed by atoms with Gasteiger partial charge in [0.1, 0.15) is 0 Å². The van der Waals surface area contributed by atoms with Gasteiger partial charge in [-0.15, -0.1) is 0 Å². The molecule has 1 aromatic heterocycles. The minimum Gasteiger partial charge on any atom is -0.395 e. The molecule has 0 spiro atoms. The summed E-state index contributed by atoms with van der Waals surface area (Å²) in [5.41, 5.74) is 0.581. The normalized spacial score (nSPS) is 10.5. The molecule has 1 heterocycles. The van der Waals surface area contributed by atoms with Gasteiger partial charge < -0.3 is 10.0 Å². The van der Waals surface area contributed by atoms with Crippen LogP contribution in [0, 0.1) is 0 Å². The Kier molecular flexibility index (Phi) is 5.69. The van der Waals surface area contributed by atoms with E-state index in [-0.39, 0.29) is 12.5 Å². The summed E-state index contributed by atoms with van der Waals surface area (Å²) in [6, 6.07) is 0. The monoisotopic (exact) mass is 239 g/mol. The number of hydrogen-bond acceptors (Lipinski definition) is 3. The van der Waals surface area contributed by atoms with E-state index in [0.717, 1.165) is 19.3 Å². The molecule has 96 valence electrons. The Balaban J connectivity index is 2.59. The van der Waals surface area contributed by atoms with Crippen molar-refractivity contribution in [2.24, 2.45) is 7.05 Å². The van der Waals surface area contributed by atoms with E-state index in [4.69, 9.17) is 5.11 Å². The first kappa shape index (κ1) is 13.7. The highest BCUT2D eigenvalue weighted by atomic mass is 16.3. The highest BCUT2D eigenvalue weighted by Gasteiger charge is 2.16. The van der Waals surface area contributed by atoms with Gasteiger partial charge in [-0.25, -0.2) is 0 Å². The van der Waals surface area contributed by atoms with Crippen molar-refractivity contribution < 1.29 is 9.90 Å². The number of amides is 1. The molecule has 0 fully saturated rings. The third-order valence-corrected chi connectivity index (χ3v) is 2.64. The van der Waals surface area contributed by atoms with Crippen LogP contribution in [0.15, 0.2) is 12.4 Å². The number of aryl methyl sites for hydroxylation is 1. The molecular weight excluding hydrogens is 218 g/mol. The molecule has 1 amide bonds. The average molecular weight is 239 g/mol. The number of hydrogen-bond donors (Lipinski definition) is 1. The molecule has 1 aromatic rings. The Hall–Kier alpha value is -1.36. The van der Waals surface area contributed by atoms with Gasteiger partial charge in [-0.2, -0.15) is 5.10 Å². The molecule has 0 aliphatic heterocycles. The van der Waals surface area contributed by atoms with Crippen molar-refractivity contribution in [3.8, 4) is 0 Å². The number of nitrogens with zero attached hydrogens (tertiary/aromatic N) is 3. The maximum atomic E-state index is 12.1. The molecular formula is C12H21N3O2. The molecule has 1 rings (SSSR count). The van der Waals surface area contributed by atoms with Crippen LogP contribution in [0.2, 0.25) is 0 Å². The molecule has 0 aliphatic carbocycles. The summed E-state index contributed by atoms with van der Waals surface area (Å²) < 4.78 is 1.61. The Morgan fingerprint density at radius 1 is 1.47 bits per heavy atom. The Labute approximate surface area is 102 Å². The standard InChI is InChI=1S/C12H21N3O2/c1-3-4-5-6-15(7-8-16)12(17)11-9-13-14(2)10-11/h9-10,16H,3-8H2,1-2H3. The molecule has 5 nitrogen and oxygen atoms in total. The minimum atomic E-state index is -0.0525. The number of carbonyl (C=O) groups is 1. The molecule has 0 saturated carbocycles.